The Morgan fingerprint density at radius 1 is 1.50 bits per heavy atom. The molecule has 1 aromatic carbocycles. The average Bonchev–Trinajstić information content (AvgIpc) is 2.81. The zero-order valence-corrected chi connectivity index (χ0v) is 10.1. The lowest BCUT2D eigenvalue weighted by Crippen LogP contribution is -2.37. The Hall–Kier alpha value is -1.88. The number of hydrogen-bond donors (Lipinski definition) is 1. The molecule has 5 heteroatoms. The first kappa shape index (κ1) is 12.6. The SMILES string of the molecule is CC1(C(=O)OCCO)CC(c2ccccc2)=NO1. The molecule has 96 valence electrons. The van der Waals surface area contributed by atoms with Crippen LogP contribution in [0, 0.1) is 0 Å². The quantitative estimate of drug-likeness (QED) is 0.811. The summed E-state index contributed by atoms with van der Waals surface area (Å²) < 4.78 is 4.88. The van der Waals surface area contributed by atoms with E-state index in [1.807, 2.05) is 30.3 Å². The fraction of sp³-hybridized carbons (Fsp3) is 0.385. The number of nitrogens with zero attached hydrogens (tertiary/aromatic N) is 1. The van der Waals surface area contributed by atoms with Crippen LogP contribution in [0.15, 0.2) is 35.5 Å². The summed E-state index contributed by atoms with van der Waals surface area (Å²) in [5.41, 5.74) is 0.551. The number of aliphatic hydroxyl groups excluding tert-OH is 1. The van der Waals surface area contributed by atoms with Crippen molar-refractivity contribution >= 4 is 11.7 Å². The molecular formula is C13H15NO4. The summed E-state index contributed by atoms with van der Waals surface area (Å²) in [6.07, 6.45) is 0.362. The van der Waals surface area contributed by atoms with Crippen LogP contribution in [0.1, 0.15) is 18.9 Å². The summed E-state index contributed by atoms with van der Waals surface area (Å²) in [6, 6.07) is 9.53. The number of esters is 1. The van der Waals surface area contributed by atoms with Crippen molar-refractivity contribution in [1.29, 1.82) is 0 Å². The third-order valence-corrected chi connectivity index (χ3v) is 2.73. The van der Waals surface area contributed by atoms with E-state index >= 15 is 0 Å². The van der Waals surface area contributed by atoms with Gasteiger partial charge in [-0.25, -0.2) is 4.79 Å². The smallest absolute Gasteiger partial charge is 0.353 e. The molecule has 0 radical (unpaired) electrons. The summed E-state index contributed by atoms with van der Waals surface area (Å²) >= 11 is 0. The molecule has 1 atom stereocenters. The van der Waals surface area contributed by atoms with Gasteiger partial charge in [0.1, 0.15) is 6.61 Å². The van der Waals surface area contributed by atoms with Crippen LogP contribution >= 0.6 is 0 Å². The maximum Gasteiger partial charge on any atom is 0.353 e. The normalized spacial score (nSPS) is 22.2. The zero-order valence-electron chi connectivity index (χ0n) is 10.1. The zero-order chi connectivity index (χ0) is 13.0. The fourth-order valence-corrected chi connectivity index (χ4v) is 1.73. The van der Waals surface area contributed by atoms with E-state index in [0.717, 1.165) is 11.3 Å². The van der Waals surface area contributed by atoms with Crippen molar-refractivity contribution in [3.05, 3.63) is 35.9 Å². The number of carbonyl (C=O) groups excluding carboxylic acids is 1. The van der Waals surface area contributed by atoms with E-state index in [1.54, 1.807) is 6.92 Å². The number of rotatable bonds is 4. The largest absolute Gasteiger partial charge is 0.460 e. The van der Waals surface area contributed by atoms with Gasteiger partial charge in [-0.3, -0.25) is 0 Å². The minimum absolute atomic E-state index is 0.0293. The molecule has 0 fully saturated rings. The Labute approximate surface area is 105 Å². The Balaban J connectivity index is 2.04. The molecule has 1 aliphatic rings. The summed E-state index contributed by atoms with van der Waals surface area (Å²) in [4.78, 5) is 17.0. The predicted molar refractivity (Wildman–Crippen MR) is 65.1 cm³/mol. The van der Waals surface area contributed by atoms with Gasteiger partial charge in [-0.1, -0.05) is 35.5 Å². The monoisotopic (exact) mass is 249 g/mol. The van der Waals surface area contributed by atoms with Crippen LogP contribution in [0.2, 0.25) is 0 Å². The van der Waals surface area contributed by atoms with Gasteiger partial charge in [-0.15, -0.1) is 0 Å². The van der Waals surface area contributed by atoms with Crippen LogP contribution < -0.4 is 0 Å². The molecule has 0 saturated carbocycles. The van der Waals surface area contributed by atoms with Gasteiger partial charge >= 0.3 is 5.97 Å². The van der Waals surface area contributed by atoms with Crippen LogP contribution in [-0.2, 0) is 14.4 Å². The Morgan fingerprint density at radius 3 is 2.89 bits per heavy atom. The average molecular weight is 249 g/mol. The van der Waals surface area contributed by atoms with Crippen LogP contribution in [0.25, 0.3) is 0 Å². The first-order valence-electron chi connectivity index (χ1n) is 5.74. The molecule has 1 unspecified atom stereocenters. The number of ether oxygens (including phenoxy) is 1. The molecule has 18 heavy (non-hydrogen) atoms. The van der Waals surface area contributed by atoms with E-state index in [4.69, 9.17) is 14.7 Å². The van der Waals surface area contributed by atoms with E-state index in [-0.39, 0.29) is 13.2 Å². The molecule has 0 spiro atoms. The summed E-state index contributed by atoms with van der Waals surface area (Å²) in [5, 5.41) is 12.6. The van der Waals surface area contributed by atoms with Gasteiger partial charge in [0.25, 0.3) is 0 Å². The third-order valence-electron chi connectivity index (χ3n) is 2.73. The van der Waals surface area contributed by atoms with E-state index < -0.39 is 11.6 Å². The van der Waals surface area contributed by atoms with Gasteiger partial charge in [0.2, 0.25) is 5.60 Å². The van der Waals surface area contributed by atoms with Gasteiger partial charge in [0.15, 0.2) is 0 Å². The summed E-state index contributed by atoms with van der Waals surface area (Å²) in [5.74, 6) is -0.508. The molecule has 0 aliphatic carbocycles. The highest BCUT2D eigenvalue weighted by atomic mass is 16.7. The molecule has 1 heterocycles. The number of oxime groups is 1. The summed E-state index contributed by atoms with van der Waals surface area (Å²) in [7, 11) is 0. The number of benzene rings is 1. The molecular weight excluding hydrogens is 234 g/mol. The molecule has 0 aromatic heterocycles. The molecule has 0 saturated heterocycles. The van der Waals surface area contributed by atoms with Gasteiger partial charge in [0.05, 0.1) is 12.3 Å². The maximum absolute atomic E-state index is 11.8. The lowest BCUT2D eigenvalue weighted by atomic mass is 9.96. The molecule has 0 amide bonds. The highest BCUT2D eigenvalue weighted by Gasteiger charge is 2.43. The van der Waals surface area contributed by atoms with Gasteiger partial charge in [-0.05, 0) is 12.5 Å². The van der Waals surface area contributed by atoms with Crippen molar-refractivity contribution in [2.24, 2.45) is 5.16 Å². The van der Waals surface area contributed by atoms with Crippen LogP contribution in [0.3, 0.4) is 0 Å². The van der Waals surface area contributed by atoms with Crippen LogP contribution in [-0.4, -0.2) is 35.6 Å². The lowest BCUT2D eigenvalue weighted by molar-refractivity contribution is -0.168. The first-order valence-corrected chi connectivity index (χ1v) is 5.74. The lowest BCUT2D eigenvalue weighted by Gasteiger charge is -2.18. The fourth-order valence-electron chi connectivity index (χ4n) is 1.73. The second-order valence-electron chi connectivity index (χ2n) is 4.26. The molecule has 0 bridgehead atoms. The second kappa shape index (κ2) is 5.18. The van der Waals surface area contributed by atoms with E-state index in [2.05, 4.69) is 5.16 Å². The van der Waals surface area contributed by atoms with Gasteiger partial charge < -0.3 is 14.7 Å². The van der Waals surface area contributed by atoms with Crippen molar-refractivity contribution in [1.82, 2.24) is 0 Å². The van der Waals surface area contributed by atoms with Crippen molar-refractivity contribution in [2.45, 2.75) is 18.9 Å². The molecule has 1 aromatic rings. The van der Waals surface area contributed by atoms with Crippen LogP contribution in [0.5, 0.6) is 0 Å². The number of aliphatic hydroxyl groups is 1. The Kier molecular flexibility index (Phi) is 3.62. The van der Waals surface area contributed by atoms with Gasteiger partial charge in [-0.2, -0.15) is 0 Å². The third kappa shape index (κ3) is 2.51. The van der Waals surface area contributed by atoms with Crippen molar-refractivity contribution in [3.8, 4) is 0 Å². The number of carbonyl (C=O) groups is 1. The molecule has 5 nitrogen and oxygen atoms in total. The Morgan fingerprint density at radius 2 is 2.22 bits per heavy atom. The molecule has 2 rings (SSSR count). The standard InChI is InChI=1S/C13H15NO4/c1-13(12(16)17-8-7-15)9-11(14-18-13)10-5-3-2-4-6-10/h2-6,15H,7-9H2,1H3. The van der Waals surface area contributed by atoms with Crippen molar-refractivity contribution in [2.75, 3.05) is 13.2 Å². The minimum Gasteiger partial charge on any atom is -0.460 e. The highest BCUT2D eigenvalue weighted by molar-refractivity contribution is 6.04. The second-order valence-corrected chi connectivity index (χ2v) is 4.26. The molecule has 1 N–H and O–H groups in total. The summed E-state index contributed by atoms with van der Waals surface area (Å²) in [6.45, 7) is 1.40. The van der Waals surface area contributed by atoms with E-state index in [0.29, 0.717) is 6.42 Å². The van der Waals surface area contributed by atoms with Crippen molar-refractivity contribution < 1.29 is 19.5 Å². The van der Waals surface area contributed by atoms with Crippen LogP contribution in [0.4, 0.5) is 0 Å². The highest BCUT2D eigenvalue weighted by Crippen LogP contribution is 2.27. The van der Waals surface area contributed by atoms with Gasteiger partial charge in [0, 0.05) is 6.42 Å². The Bertz CT molecular complexity index is 457. The molecule has 1 aliphatic heterocycles. The van der Waals surface area contributed by atoms with E-state index in [9.17, 15) is 4.79 Å². The minimum atomic E-state index is -1.10. The topological polar surface area (TPSA) is 68.1 Å². The predicted octanol–water partition coefficient (Wildman–Crippen LogP) is 1.11. The first-order chi connectivity index (χ1) is 8.65. The van der Waals surface area contributed by atoms with E-state index in [1.165, 1.54) is 0 Å². The number of hydrogen-bond acceptors (Lipinski definition) is 5. The van der Waals surface area contributed by atoms with Crippen molar-refractivity contribution in [3.63, 3.8) is 0 Å². The maximum atomic E-state index is 11.8.